The summed E-state index contributed by atoms with van der Waals surface area (Å²) in [4.78, 5) is 12.6. The molecule has 2 aromatic heterocycles. The fraction of sp³-hybridized carbons (Fsp3) is 0.174. The first-order valence-electron chi connectivity index (χ1n) is 10.1. The van der Waals surface area contributed by atoms with Crippen LogP contribution in [0.5, 0.6) is 17.2 Å². The Bertz CT molecular complexity index is 1280. The Morgan fingerprint density at radius 3 is 2.50 bits per heavy atom. The summed E-state index contributed by atoms with van der Waals surface area (Å²) in [5, 5.41) is 11.4. The van der Waals surface area contributed by atoms with E-state index in [9.17, 15) is 9.18 Å². The van der Waals surface area contributed by atoms with Gasteiger partial charge in [0.2, 0.25) is 5.75 Å². The molecule has 0 fully saturated rings. The van der Waals surface area contributed by atoms with Crippen molar-refractivity contribution in [2.24, 2.45) is 0 Å². The Labute approximate surface area is 199 Å². The Morgan fingerprint density at radius 2 is 1.79 bits per heavy atom. The molecule has 0 atom stereocenters. The van der Waals surface area contributed by atoms with Crippen molar-refractivity contribution in [1.29, 1.82) is 0 Å². The molecule has 2 heterocycles. The van der Waals surface area contributed by atoms with E-state index >= 15 is 0 Å². The minimum atomic E-state index is -0.494. The average Bonchev–Trinajstić information content (AvgIpc) is 3.44. The highest BCUT2D eigenvalue weighted by atomic mass is 35.5. The van der Waals surface area contributed by atoms with Crippen LogP contribution in [-0.4, -0.2) is 39.7 Å². The first-order valence-corrected chi connectivity index (χ1v) is 10.5. The van der Waals surface area contributed by atoms with Crippen LogP contribution in [0.15, 0.2) is 60.9 Å². The first-order chi connectivity index (χ1) is 16.5. The van der Waals surface area contributed by atoms with Crippen LogP contribution < -0.4 is 19.5 Å². The zero-order chi connectivity index (χ0) is 24.1. The molecule has 176 valence electrons. The molecule has 0 bridgehead atoms. The zero-order valence-electron chi connectivity index (χ0n) is 18.4. The molecule has 34 heavy (non-hydrogen) atoms. The van der Waals surface area contributed by atoms with Crippen molar-refractivity contribution >= 4 is 23.3 Å². The molecule has 0 saturated heterocycles. The Hall–Kier alpha value is -4.05. The summed E-state index contributed by atoms with van der Waals surface area (Å²) in [6.07, 6.45) is 3.15. The summed E-state index contributed by atoms with van der Waals surface area (Å²) in [6.45, 7) is 0.318. The minimum Gasteiger partial charge on any atom is -0.493 e. The largest absolute Gasteiger partial charge is 0.493 e. The average molecular weight is 486 g/mol. The van der Waals surface area contributed by atoms with E-state index in [4.69, 9.17) is 25.8 Å². The fourth-order valence-corrected chi connectivity index (χ4v) is 3.40. The highest BCUT2D eigenvalue weighted by Crippen LogP contribution is 2.36. The van der Waals surface area contributed by atoms with Gasteiger partial charge in [0.25, 0.3) is 5.91 Å². The molecule has 0 aliphatic rings. The molecule has 0 saturated carbocycles. The maximum atomic E-state index is 13.4. The van der Waals surface area contributed by atoms with Crippen molar-refractivity contribution in [2.45, 2.75) is 13.3 Å². The van der Waals surface area contributed by atoms with Crippen molar-refractivity contribution in [1.82, 2.24) is 19.6 Å². The van der Waals surface area contributed by atoms with E-state index < -0.39 is 5.91 Å². The number of ether oxygens (including phenoxy) is 3. The number of halogens is 2. The van der Waals surface area contributed by atoms with Crippen LogP contribution in [0.25, 0.3) is 0 Å². The van der Waals surface area contributed by atoms with E-state index in [1.165, 1.54) is 41.8 Å². The smallest absolute Gasteiger partial charge is 0.277 e. The third kappa shape index (κ3) is 5.29. The second-order valence-electron chi connectivity index (χ2n) is 7.11. The minimum absolute atomic E-state index is 0.0209. The topological polar surface area (TPSA) is 92.4 Å². The predicted octanol–water partition coefficient (Wildman–Crippen LogP) is 4.23. The number of nitrogens with zero attached hydrogens (tertiary/aromatic N) is 4. The van der Waals surface area contributed by atoms with Gasteiger partial charge in [0, 0.05) is 12.4 Å². The number of amides is 1. The summed E-state index contributed by atoms with van der Waals surface area (Å²) in [5.41, 5.74) is 0.855. The molecular weight excluding hydrogens is 465 g/mol. The van der Waals surface area contributed by atoms with E-state index in [2.05, 4.69) is 15.5 Å². The quantitative estimate of drug-likeness (QED) is 0.381. The number of para-hydroxylation sites is 1. The molecule has 0 aliphatic heterocycles. The number of carbonyl (C=O) groups is 1. The van der Waals surface area contributed by atoms with Gasteiger partial charge in [-0.25, -0.2) is 9.07 Å². The number of hydrogen-bond acceptors (Lipinski definition) is 6. The van der Waals surface area contributed by atoms with Gasteiger partial charge in [-0.05, 0) is 35.9 Å². The summed E-state index contributed by atoms with van der Waals surface area (Å²) in [7, 11) is 3.06. The van der Waals surface area contributed by atoms with Gasteiger partial charge in [0.05, 0.1) is 20.8 Å². The molecule has 0 aliphatic carbocycles. The molecule has 2 aromatic carbocycles. The van der Waals surface area contributed by atoms with Crippen molar-refractivity contribution in [2.75, 3.05) is 19.5 Å². The molecule has 11 heteroatoms. The lowest BCUT2D eigenvalue weighted by Gasteiger charge is -2.13. The molecule has 1 amide bonds. The van der Waals surface area contributed by atoms with Crippen molar-refractivity contribution in [3.05, 3.63) is 83.0 Å². The number of carbonyl (C=O) groups excluding carboxylic acids is 1. The molecule has 0 radical (unpaired) electrons. The lowest BCUT2D eigenvalue weighted by Crippen LogP contribution is -2.15. The van der Waals surface area contributed by atoms with E-state index in [1.807, 2.05) is 0 Å². The Balaban J connectivity index is 1.40. The number of anilines is 1. The number of methoxy groups -OCH3 is 2. The second kappa shape index (κ2) is 10.3. The van der Waals surface area contributed by atoms with Gasteiger partial charge in [-0.1, -0.05) is 29.8 Å². The van der Waals surface area contributed by atoms with Crippen LogP contribution in [0, 0.1) is 5.82 Å². The summed E-state index contributed by atoms with van der Waals surface area (Å²) < 4.78 is 32.8. The highest BCUT2D eigenvalue weighted by Gasteiger charge is 2.16. The van der Waals surface area contributed by atoms with E-state index in [-0.39, 0.29) is 29.1 Å². The maximum absolute atomic E-state index is 13.4. The van der Waals surface area contributed by atoms with Crippen LogP contribution in [0.2, 0.25) is 5.02 Å². The van der Waals surface area contributed by atoms with Gasteiger partial charge in [-0.15, -0.1) is 0 Å². The van der Waals surface area contributed by atoms with E-state index in [0.717, 1.165) is 0 Å². The maximum Gasteiger partial charge on any atom is 0.277 e. The molecule has 0 unspecified atom stereocenters. The molecule has 4 aromatic rings. The third-order valence-corrected chi connectivity index (χ3v) is 5.06. The van der Waals surface area contributed by atoms with Gasteiger partial charge in [0.15, 0.2) is 29.7 Å². The molecular formula is C23H21ClFN5O4. The SMILES string of the molecule is COc1cccc(OC)c1OCn1ccc(C(=O)Nc2nn(Cc3cccc(F)c3)cc2Cl)n1. The van der Waals surface area contributed by atoms with Crippen LogP contribution >= 0.6 is 11.6 Å². The Morgan fingerprint density at radius 1 is 1.06 bits per heavy atom. The van der Waals surface area contributed by atoms with Crippen molar-refractivity contribution in [3.63, 3.8) is 0 Å². The first kappa shape index (κ1) is 23.1. The Kier molecular flexibility index (Phi) is 6.98. The van der Waals surface area contributed by atoms with Gasteiger partial charge in [-0.3, -0.25) is 9.48 Å². The van der Waals surface area contributed by atoms with Crippen LogP contribution in [0.3, 0.4) is 0 Å². The third-order valence-electron chi connectivity index (χ3n) is 4.78. The summed E-state index contributed by atoms with van der Waals surface area (Å²) in [5.74, 6) is 0.776. The molecule has 0 spiro atoms. The molecule has 4 rings (SSSR count). The van der Waals surface area contributed by atoms with Gasteiger partial charge in [-0.2, -0.15) is 10.2 Å². The van der Waals surface area contributed by atoms with Crippen LogP contribution in [-0.2, 0) is 13.3 Å². The number of nitrogens with one attached hydrogen (secondary N) is 1. The van der Waals surface area contributed by atoms with E-state index in [1.54, 1.807) is 42.7 Å². The number of aromatic nitrogens is 4. The summed E-state index contributed by atoms with van der Waals surface area (Å²) >= 11 is 6.21. The van der Waals surface area contributed by atoms with Crippen molar-refractivity contribution in [3.8, 4) is 17.2 Å². The molecule has 9 nitrogen and oxygen atoms in total. The monoisotopic (exact) mass is 485 g/mol. The number of hydrogen-bond donors (Lipinski definition) is 1. The van der Waals surface area contributed by atoms with Crippen LogP contribution in [0.4, 0.5) is 10.2 Å². The summed E-state index contributed by atoms with van der Waals surface area (Å²) in [6, 6.07) is 13.0. The fourth-order valence-electron chi connectivity index (χ4n) is 3.20. The van der Waals surface area contributed by atoms with Gasteiger partial charge in [0.1, 0.15) is 10.8 Å². The van der Waals surface area contributed by atoms with Crippen LogP contribution in [0.1, 0.15) is 16.1 Å². The van der Waals surface area contributed by atoms with Gasteiger partial charge >= 0.3 is 0 Å². The van der Waals surface area contributed by atoms with E-state index in [0.29, 0.717) is 29.4 Å². The number of rotatable bonds is 9. The predicted molar refractivity (Wildman–Crippen MR) is 123 cm³/mol. The second-order valence-corrected chi connectivity index (χ2v) is 7.52. The number of benzene rings is 2. The normalized spacial score (nSPS) is 10.7. The van der Waals surface area contributed by atoms with Crippen molar-refractivity contribution < 1.29 is 23.4 Å². The lowest BCUT2D eigenvalue weighted by atomic mass is 10.2. The zero-order valence-corrected chi connectivity index (χ0v) is 19.1. The molecule has 1 N–H and O–H groups in total. The standard InChI is InChI=1S/C23H21ClFN5O4/c1-32-19-7-4-8-20(33-2)21(19)34-14-29-10-9-18(27-29)23(31)26-22-17(24)13-30(28-22)12-15-5-3-6-16(25)11-15/h3-11,13H,12,14H2,1-2H3,(H,26,28,31). The highest BCUT2D eigenvalue weighted by molar-refractivity contribution is 6.33. The van der Waals surface area contributed by atoms with Gasteiger partial charge < -0.3 is 19.5 Å². The lowest BCUT2D eigenvalue weighted by molar-refractivity contribution is 0.101.